The summed E-state index contributed by atoms with van der Waals surface area (Å²) >= 11 is 6.23. The molecular weight excluding hydrogens is 514 g/mol. The van der Waals surface area contributed by atoms with E-state index in [0.717, 1.165) is 40.8 Å². The Bertz CT molecular complexity index is 1310. The minimum atomic E-state index is -0.976. The van der Waals surface area contributed by atoms with E-state index in [4.69, 9.17) is 25.8 Å². The molecule has 39 heavy (non-hydrogen) atoms. The Morgan fingerprint density at radius 3 is 2.31 bits per heavy atom. The van der Waals surface area contributed by atoms with Crippen molar-refractivity contribution in [1.82, 2.24) is 0 Å². The van der Waals surface area contributed by atoms with Gasteiger partial charge in [-0.3, -0.25) is 4.79 Å². The Hall–Kier alpha value is -3.06. The molecule has 7 heteroatoms. The second-order valence-electron chi connectivity index (χ2n) is 10.8. The van der Waals surface area contributed by atoms with E-state index in [0.29, 0.717) is 29.7 Å². The first-order valence-electron chi connectivity index (χ1n) is 13.5. The van der Waals surface area contributed by atoms with Crippen LogP contribution in [0.15, 0.2) is 60.7 Å². The van der Waals surface area contributed by atoms with Gasteiger partial charge in [-0.15, -0.1) is 0 Å². The molecule has 2 heterocycles. The van der Waals surface area contributed by atoms with Crippen molar-refractivity contribution >= 4 is 23.2 Å². The minimum Gasteiger partial charge on any atom is -0.493 e. The van der Waals surface area contributed by atoms with E-state index in [2.05, 4.69) is 0 Å². The Kier molecular flexibility index (Phi) is 7.90. The number of anilines is 1. The van der Waals surface area contributed by atoms with Crippen molar-refractivity contribution in [3.8, 4) is 11.5 Å². The van der Waals surface area contributed by atoms with Crippen LogP contribution in [0, 0.1) is 5.92 Å². The van der Waals surface area contributed by atoms with Gasteiger partial charge in [-0.1, -0.05) is 35.9 Å². The lowest BCUT2D eigenvalue weighted by Crippen LogP contribution is -2.41. The molecular formula is C32H36ClNO5. The topological polar surface area (TPSA) is 68.2 Å². The number of fused-ring (bicyclic) bond motifs is 1. The van der Waals surface area contributed by atoms with Gasteiger partial charge in [0.05, 0.1) is 31.3 Å². The summed E-state index contributed by atoms with van der Waals surface area (Å²) in [7, 11) is 1.61. The van der Waals surface area contributed by atoms with E-state index in [-0.39, 0.29) is 30.4 Å². The van der Waals surface area contributed by atoms with Crippen molar-refractivity contribution in [2.75, 3.05) is 25.2 Å². The van der Waals surface area contributed by atoms with E-state index in [9.17, 15) is 9.90 Å². The van der Waals surface area contributed by atoms with E-state index in [1.165, 1.54) is 0 Å². The molecule has 5 rings (SSSR count). The summed E-state index contributed by atoms with van der Waals surface area (Å²) in [6.07, 6.45) is 1.83. The first kappa shape index (κ1) is 27.5. The summed E-state index contributed by atoms with van der Waals surface area (Å²) in [5, 5.41) is 12.1. The molecule has 0 saturated carbocycles. The van der Waals surface area contributed by atoms with Crippen molar-refractivity contribution < 1.29 is 24.1 Å². The molecule has 206 valence electrons. The van der Waals surface area contributed by atoms with Gasteiger partial charge in [0.25, 0.3) is 0 Å². The highest BCUT2D eigenvalue weighted by Crippen LogP contribution is 2.44. The first-order chi connectivity index (χ1) is 18.7. The van der Waals surface area contributed by atoms with Gasteiger partial charge < -0.3 is 24.2 Å². The monoisotopic (exact) mass is 549 g/mol. The van der Waals surface area contributed by atoms with Gasteiger partial charge in [0.2, 0.25) is 5.91 Å². The lowest BCUT2D eigenvalue weighted by atomic mass is 9.78. The fourth-order valence-electron chi connectivity index (χ4n) is 5.78. The zero-order valence-electron chi connectivity index (χ0n) is 22.9. The molecule has 0 spiro atoms. The number of hydrogen-bond acceptors (Lipinski definition) is 5. The van der Waals surface area contributed by atoms with Crippen molar-refractivity contribution in [2.45, 2.75) is 57.8 Å². The molecule has 0 bridgehead atoms. The number of nitrogens with zero attached hydrogens (tertiary/aromatic N) is 1. The summed E-state index contributed by atoms with van der Waals surface area (Å²) in [6.45, 7) is 7.15. The summed E-state index contributed by atoms with van der Waals surface area (Å²) in [6, 6.07) is 18.9. The fourth-order valence-corrected chi connectivity index (χ4v) is 5.91. The SMILES string of the molecule is COc1cc2c(cc1OC(C)C)[C@H](c1ccc(Cl)cc1)N(c1ccc([C@](C)(O)C3CCOCC3)cc1)C(=O)C2. The van der Waals surface area contributed by atoms with Gasteiger partial charge in [-0.05, 0) is 98.2 Å². The summed E-state index contributed by atoms with van der Waals surface area (Å²) in [5.74, 6) is 1.35. The van der Waals surface area contributed by atoms with Crippen LogP contribution < -0.4 is 14.4 Å². The lowest BCUT2D eigenvalue weighted by Gasteiger charge is -2.39. The van der Waals surface area contributed by atoms with E-state index in [1.54, 1.807) is 7.11 Å². The number of benzene rings is 3. The van der Waals surface area contributed by atoms with Gasteiger partial charge in [-0.2, -0.15) is 0 Å². The maximum atomic E-state index is 13.8. The molecule has 0 aliphatic carbocycles. The van der Waals surface area contributed by atoms with Gasteiger partial charge >= 0.3 is 0 Å². The molecule has 2 aliphatic rings. The standard InChI is InChI=1S/C32H36ClNO5/c1-20(2)39-29-19-27-22(17-28(29)37-4)18-30(35)34(31(27)21-5-9-25(33)10-6-21)26-11-7-23(8-12-26)32(3,36)24-13-15-38-16-14-24/h5-12,17,19-20,24,31,36H,13-16,18H2,1-4H3/t31-,32-/m0/s1. The summed E-state index contributed by atoms with van der Waals surface area (Å²) in [5.41, 5.74) is 3.45. The molecule has 1 N–H and O–H groups in total. The Morgan fingerprint density at radius 1 is 1.03 bits per heavy atom. The number of methoxy groups -OCH3 is 1. The third kappa shape index (κ3) is 5.51. The second kappa shape index (κ2) is 11.2. The zero-order valence-corrected chi connectivity index (χ0v) is 23.7. The molecule has 0 radical (unpaired) electrons. The number of aliphatic hydroxyl groups is 1. The maximum absolute atomic E-state index is 13.8. The first-order valence-corrected chi connectivity index (χ1v) is 13.9. The lowest BCUT2D eigenvalue weighted by molar-refractivity contribution is -0.118. The molecule has 3 aromatic rings. The van der Waals surface area contributed by atoms with Crippen LogP contribution in [0.4, 0.5) is 5.69 Å². The van der Waals surface area contributed by atoms with E-state index >= 15 is 0 Å². The van der Waals surface area contributed by atoms with E-state index in [1.807, 2.05) is 86.3 Å². The van der Waals surface area contributed by atoms with Gasteiger partial charge in [0.1, 0.15) is 0 Å². The molecule has 6 nitrogen and oxygen atoms in total. The number of ether oxygens (including phenoxy) is 3. The average molecular weight is 550 g/mol. The maximum Gasteiger partial charge on any atom is 0.232 e. The molecule has 2 aliphatic heterocycles. The number of amides is 1. The van der Waals surface area contributed by atoms with Gasteiger partial charge in [-0.25, -0.2) is 0 Å². The second-order valence-corrected chi connectivity index (χ2v) is 11.3. The molecule has 1 saturated heterocycles. The zero-order chi connectivity index (χ0) is 27.7. The highest BCUT2D eigenvalue weighted by atomic mass is 35.5. The minimum absolute atomic E-state index is 0.0222. The summed E-state index contributed by atoms with van der Waals surface area (Å²) < 4.78 is 17.2. The van der Waals surface area contributed by atoms with Crippen LogP contribution in [0.5, 0.6) is 11.5 Å². The van der Waals surface area contributed by atoms with Gasteiger partial charge in [0.15, 0.2) is 11.5 Å². The number of halogens is 1. The number of hydrogen-bond donors (Lipinski definition) is 1. The van der Waals surface area contributed by atoms with Crippen LogP contribution in [-0.4, -0.2) is 37.4 Å². The third-order valence-corrected chi connectivity index (χ3v) is 8.14. The average Bonchev–Trinajstić information content (AvgIpc) is 2.93. The van der Waals surface area contributed by atoms with Crippen LogP contribution in [0.25, 0.3) is 0 Å². The molecule has 1 amide bonds. The number of rotatable bonds is 7. The Balaban J connectivity index is 1.58. The van der Waals surface area contributed by atoms with Crippen molar-refractivity contribution in [3.05, 3.63) is 87.9 Å². The fraction of sp³-hybridized carbons (Fsp3) is 0.406. The molecule has 2 atom stereocenters. The van der Waals surface area contributed by atoms with Crippen molar-refractivity contribution in [2.24, 2.45) is 5.92 Å². The van der Waals surface area contributed by atoms with Crippen molar-refractivity contribution in [1.29, 1.82) is 0 Å². The van der Waals surface area contributed by atoms with Gasteiger partial charge in [0, 0.05) is 23.9 Å². The molecule has 3 aromatic carbocycles. The Labute approximate surface area is 235 Å². The third-order valence-electron chi connectivity index (χ3n) is 7.88. The van der Waals surface area contributed by atoms with Crippen LogP contribution in [-0.2, 0) is 21.6 Å². The smallest absolute Gasteiger partial charge is 0.232 e. The highest BCUT2D eigenvalue weighted by Gasteiger charge is 2.38. The van der Waals surface area contributed by atoms with Crippen molar-refractivity contribution in [3.63, 3.8) is 0 Å². The largest absolute Gasteiger partial charge is 0.493 e. The molecule has 0 aromatic heterocycles. The predicted molar refractivity (Wildman–Crippen MR) is 153 cm³/mol. The number of carbonyl (C=O) groups is 1. The van der Waals surface area contributed by atoms with E-state index < -0.39 is 5.60 Å². The summed E-state index contributed by atoms with van der Waals surface area (Å²) in [4.78, 5) is 15.6. The van der Waals surface area contributed by atoms with Crippen LogP contribution >= 0.6 is 11.6 Å². The predicted octanol–water partition coefficient (Wildman–Crippen LogP) is 6.45. The number of carbonyl (C=O) groups excluding carboxylic acids is 1. The normalized spacial score (nSPS) is 19.5. The molecule has 1 fully saturated rings. The van der Waals surface area contributed by atoms with Crippen LogP contribution in [0.2, 0.25) is 5.02 Å². The van der Waals surface area contributed by atoms with Crippen LogP contribution in [0.3, 0.4) is 0 Å². The quantitative estimate of drug-likeness (QED) is 0.367. The Morgan fingerprint density at radius 2 is 1.69 bits per heavy atom. The highest BCUT2D eigenvalue weighted by molar-refractivity contribution is 6.30. The molecule has 0 unspecified atom stereocenters. The van der Waals surface area contributed by atoms with Crippen LogP contribution in [0.1, 0.15) is 61.9 Å².